The van der Waals surface area contributed by atoms with Crippen LogP contribution in [0, 0.1) is 11.3 Å². The van der Waals surface area contributed by atoms with E-state index in [1.807, 2.05) is 72.6 Å². The molecule has 2 aromatic carbocycles. The minimum atomic E-state index is -0.0171. The molecule has 3 rings (SSSR count). The zero-order chi connectivity index (χ0) is 19.1. The number of nitriles is 1. The normalized spacial score (nSPS) is 10.6. The number of nitrogens with zero attached hydrogens (tertiary/aromatic N) is 3. The molecule has 0 saturated carbocycles. The number of rotatable bonds is 7. The molecule has 1 amide bonds. The Balaban J connectivity index is 1.70. The Morgan fingerprint density at radius 2 is 1.85 bits per heavy atom. The van der Waals surface area contributed by atoms with E-state index in [4.69, 9.17) is 9.68 Å². The molecular formula is C22H21N3O2. The Labute approximate surface area is 159 Å². The highest BCUT2D eigenvalue weighted by atomic mass is 16.3. The van der Waals surface area contributed by atoms with Crippen molar-refractivity contribution in [3.05, 3.63) is 89.9 Å². The van der Waals surface area contributed by atoms with Gasteiger partial charge in [-0.2, -0.15) is 5.26 Å². The molecule has 0 aliphatic heterocycles. The van der Waals surface area contributed by atoms with Crippen molar-refractivity contribution in [2.75, 3.05) is 18.5 Å². The highest BCUT2D eigenvalue weighted by Gasteiger charge is 2.19. The van der Waals surface area contributed by atoms with Gasteiger partial charge in [-0.25, -0.2) is 0 Å². The number of para-hydroxylation sites is 1. The number of furan rings is 1. The summed E-state index contributed by atoms with van der Waals surface area (Å²) < 4.78 is 5.42. The summed E-state index contributed by atoms with van der Waals surface area (Å²) in [5.41, 5.74) is 2.45. The fourth-order valence-corrected chi connectivity index (χ4v) is 2.91. The molecule has 5 heteroatoms. The van der Waals surface area contributed by atoms with Crippen LogP contribution in [0.2, 0.25) is 0 Å². The second kappa shape index (κ2) is 8.84. The first kappa shape index (κ1) is 18.4. The predicted octanol–water partition coefficient (Wildman–Crippen LogP) is 3.82. The lowest BCUT2D eigenvalue weighted by Gasteiger charge is -2.25. The van der Waals surface area contributed by atoms with E-state index in [0.717, 1.165) is 17.0 Å². The Morgan fingerprint density at radius 1 is 1.04 bits per heavy atom. The standard InChI is InChI=1S/C22H21N3O2/c1-24(15-19-8-5-7-18(13-19)14-23)17-22(26)25(16-21-11-6-12-27-21)20-9-3-2-4-10-20/h2-13H,15-17H2,1H3. The molecule has 5 nitrogen and oxygen atoms in total. The quantitative estimate of drug-likeness (QED) is 0.643. The molecule has 0 aliphatic rings. The van der Waals surface area contributed by atoms with Crippen molar-refractivity contribution < 1.29 is 9.21 Å². The highest BCUT2D eigenvalue weighted by molar-refractivity contribution is 5.94. The molecular weight excluding hydrogens is 338 g/mol. The van der Waals surface area contributed by atoms with Crippen molar-refractivity contribution in [1.82, 2.24) is 4.90 Å². The van der Waals surface area contributed by atoms with Gasteiger partial charge in [0.25, 0.3) is 0 Å². The van der Waals surface area contributed by atoms with E-state index in [1.54, 1.807) is 17.2 Å². The fourth-order valence-electron chi connectivity index (χ4n) is 2.91. The van der Waals surface area contributed by atoms with Gasteiger partial charge in [-0.1, -0.05) is 30.3 Å². The van der Waals surface area contributed by atoms with Crippen LogP contribution in [0.1, 0.15) is 16.9 Å². The lowest BCUT2D eigenvalue weighted by Crippen LogP contribution is -2.38. The van der Waals surface area contributed by atoms with Gasteiger partial charge in [0.15, 0.2) is 0 Å². The monoisotopic (exact) mass is 359 g/mol. The molecule has 0 saturated heterocycles. The zero-order valence-electron chi connectivity index (χ0n) is 15.2. The number of amides is 1. The lowest BCUT2D eigenvalue weighted by molar-refractivity contribution is -0.119. The van der Waals surface area contributed by atoms with E-state index in [-0.39, 0.29) is 12.5 Å². The average molecular weight is 359 g/mol. The molecule has 0 aliphatic carbocycles. The van der Waals surface area contributed by atoms with Crippen LogP contribution in [0.5, 0.6) is 0 Å². The number of carbonyl (C=O) groups excluding carboxylic acids is 1. The zero-order valence-corrected chi connectivity index (χ0v) is 15.2. The first-order chi connectivity index (χ1) is 13.2. The van der Waals surface area contributed by atoms with Crippen molar-refractivity contribution in [2.24, 2.45) is 0 Å². The Hall–Kier alpha value is -3.36. The smallest absolute Gasteiger partial charge is 0.241 e. The molecule has 3 aromatic rings. The number of likely N-dealkylation sites (N-methyl/N-ethyl adjacent to an activating group) is 1. The maximum atomic E-state index is 13.0. The van der Waals surface area contributed by atoms with Gasteiger partial charge in [0.2, 0.25) is 5.91 Å². The van der Waals surface area contributed by atoms with E-state index < -0.39 is 0 Å². The van der Waals surface area contributed by atoms with Crippen LogP contribution in [0.3, 0.4) is 0 Å². The largest absolute Gasteiger partial charge is 0.467 e. The molecule has 1 aromatic heterocycles. The van der Waals surface area contributed by atoms with Crippen molar-refractivity contribution in [1.29, 1.82) is 5.26 Å². The first-order valence-electron chi connectivity index (χ1n) is 8.71. The molecule has 136 valence electrons. The maximum Gasteiger partial charge on any atom is 0.241 e. The van der Waals surface area contributed by atoms with E-state index in [2.05, 4.69) is 6.07 Å². The van der Waals surface area contributed by atoms with Gasteiger partial charge in [-0.3, -0.25) is 9.69 Å². The minimum absolute atomic E-state index is 0.0171. The number of hydrogen-bond acceptors (Lipinski definition) is 4. The number of benzene rings is 2. The fraction of sp³-hybridized carbons (Fsp3) is 0.182. The average Bonchev–Trinajstić information content (AvgIpc) is 3.20. The topological polar surface area (TPSA) is 60.5 Å². The summed E-state index contributed by atoms with van der Waals surface area (Å²) >= 11 is 0. The third kappa shape index (κ3) is 5.06. The van der Waals surface area contributed by atoms with Crippen molar-refractivity contribution in [3.8, 4) is 6.07 Å². The van der Waals surface area contributed by atoms with Crippen LogP contribution in [-0.2, 0) is 17.9 Å². The Morgan fingerprint density at radius 3 is 2.56 bits per heavy atom. The summed E-state index contributed by atoms with van der Waals surface area (Å²) in [6.45, 7) is 1.23. The summed E-state index contributed by atoms with van der Waals surface area (Å²) in [5, 5.41) is 9.03. The van der Waals surface area contributed by atoms with Gasteiger partial charge in [-0.15, -0.1) is 0 Å². The van der Waals surface area contributed by atoms with Gasteiger partial charge in [0.05, 0.1) is 31.0 Å². The second-order valence-corrected chi connectivity index (χ2v) is 6.38. The van der Waals surface area contributed by atoms with E-state index in [9.17, 15) is 4.79 Å². The van der Waals surface area contributed by atoms with Gasteiger partial charge in [-0.05, 0) is 49.0 Å². The first-order valence-corrected chi connectivity index (χ1v) is 8.71. The summed E-state index contributed by atoms with van der Waals surface area (Å²) in [6, 6.07) is 22.8. The Bertz CT molecular complexity index is 914. The number of hydrogen-bond donors (Lipinski definition) is 0. The third-order valence-corrected chi connectivity index (χ3v) is 4.18. The SMILES string of the molecule is CN(CC(=O)N(Cc1ccco1)c1ccccc1)Cc1cccc(C#N)c1. The second-order valence-electron chi connectivity index (χ2n) is 6.38. The summed E-state index contributed by atoms with van der Waals surface area (Å²) in [5.74, 6) is 0.716. The maximum absolute atomic E-state index is 13.0. The minimum Gasteiger partial charge on any atom is -0.467 e. The molecule has 1 heterocycles. The molecule has 0 N–H and O–H groups in total. The highest BCUT2D eigenvalue weighted by Crippen LogP contribution is 2.18. The molecule has 0 fully saturated rings. The number of anilines is 1. The molecule has 0 radical (unpaired) electrons. The van der Waals surface area contributed by atoms with Crippen molar-refractivity contribution in [2.45, 2.75) is 13.1 Å². The van der Waals surface area contributed by atoms with Gasteiger partial charge >= 0.3 is 0 Å². The third-order valence-electron chi connectivity index (χ3n) is 4.18. The summed E-state index contributed by atoms with van der Waals surface area (Å²) in [6.07, 6.45) is 1.61. The molecule has 0 unspecified atom stereocenters. The Kier molecular flexibility index (Phi) is 6.03. The molecule has 0 bridgehead atoms. The summed E-state index contributed by atoms with van der Waals surface area (Å²) in [7, 11) is 1.90. The summed E-state index contributed by atoms with van der Waals surface area (Å²) in [4.78, 5) is 16.6. The van der Waals surface area contributed by atoms with E-state index >= 15 is 0 Å². The van der Waals surface area contributed by atoms with Crippen LogP contribution in [0.15, 0.2) is 77.4 Å². The van der Waals surface area contributed by atoms with Crippen LogP contribution in [0.4, 0.5) is 5.69 Å². The van der Waals surface area contributed by atoms with Gasteiger partial charge in [0, 0.05) is 12.2 Å². The van der Waals surface area contributed by atoms with Gasteiger partial charge in [0.1, 0.15) is 5.76 Å². The molecule has 0 spiro atoms. The predicted molar refractivity (Wildman–Crippen MR) is 104 cm³/mol. The van der Waals surface area contributed by atoms with Crippen LogP contribution < -0.4 is 4.90 Å². The lowest BCUT2D eigenvalue weighted by atomic mass is 10.1. The van der Waals surface area contributed by atoms with Crippen LogP contribution in [-0.4, -0.2) is 24.4 Å². The van der Waals surface area contributed by atoms with E-state index in [1.165, 1.54) is 0 Å². The van der Waals surface area contributed by atoms with Crippen molar-refractivity contribution >= 4 is 11.6 Å². The molecule has 0 atom stereocenters. The van der Waals surface area contributed by atoms with Crippen LogP contribution in [0.25, 0.3) is 0 Å². The molecule has 27 heavy (non-hydrogen) atoms. The number of carbonyl (C=O) groups is 1. The van der Waals surface area contributed by atoms with Gasteiger partial charge < -0.3 is 9.32 Å². The van der Waals surface area contributed by atoms with Crippen molar-refractivity contribution in [3.63, 3.8) is 0 Å². The van der Waals surface area contributed by atoms with E-state index in [0.29, 0.717) is 18.7 Å². The van der Waals surface area contributed by atoms with Crippen LogP contribution >= 0.6 is 0 Å².